The Hall–Kier alpha value is -1.96. The molecule has 4 heteroatoms. The Bertz CT molecular complexity index is 2020. The maximum atomic E-state index is 8.84. The first-order chi connectivity index (χ1) is 25.3. The zero-order valence-electron chi connectivity index (χ0n) is 33.5. The summed E-state index contributed by atoms with van der Waals surface area (Å²) < 4.78 is 0.205. The fourth-order valence-corrected chi connectivity index (χ4v) is 41.9. The molecule has 0 radical (unpaired) electrons. The van der Waals surface area contributed by atoms with Gasteiger partial charge in [-0.1, -0.05) is 0 Å². The van der Waals surface area contributed by atoms with Gasteiger partial charge >= 0.3 is 333 Å². The van der Waals surface area contributed by atoms with Crippen molar-refractivity contribution in [2.24, 2.45) is 5.92 Å². The van der Waals surface area contributed by atoms with Crippen LogP contribution in [0.3, 0.4) is 0 Å². The summed E-state index contributed by atoms with van der Waals surface area (Å²) >= 11 is -4.90. The number of halogens is 2. The molecule has 1 saturated carbocycles. The molecule has 0 amide bonds. The fraction of sp³-hybridized carbons (Fsp3) is 0.429. The average Bonchev–Trinajstić information content (AvgIpc) is 3.76. The molecule has 0 aliphatic heterocycles. The van der Waals surface area contributed by atoms with Crippen LogP contribution in [0.2, 0.25) is 13.1 Å². The summed E-state index contributed by atoms with van der Waals surface area (Å²) in [7, 11) is 17.7. The van der Waals surface area contributed by atoms with Crippen LogP contribution in [0.5, 0.6) is 0 Å². The minimum atomic E-state index is -4.90. The average molecular weight is 840 g/mol. The second kappa shape index (κ2) is 15.2. The van der Waals surface area contributed by atoms with E-state index < -0.39 is 21.5 Å². The van der Waals surface area contributed by atoms with Gasteiger partial charge in [-0.05, 0) is 0 Å². The van der Waals surface area contributed by atoms with Crippen LogP contribution < -0.4 is 0 Å². The Morgan fingerprint density at radius 2 is 1.26 bits per heavy atom. The molecule has 0 heterocycles. The van der Waals surface area contributed by atoms with Crippen molar-refractivity contribution in [1.82, 2.24) is 0 Å². The molecule has 0 aromatic heterocycles. The van der Waals surface area contributed by atoms with E-state index in [1.807, 2.05) is 0 Å². The van der Waals surface area contributed by atoms with E-state index >= 15 is 0 Å². The van der Waals surface area contributed by atoms with E-state index in [-0.39, 0.29) is 12.7 Å². The van der Waals surface area contributed by atoms with Gasteiger partial charge in [-0.15, -0.1) is 0 Å². The number of fused-ring (bicyclic) bond motifs is 2. The monoisotopic (exact) mass is 837 g/mol. The van der Waals surface area contributed by atoms with Crippen LogP contribution in [-0.4, -0.2) is 5.92 Å². The van der Waals surface area contributed by atoms with Gasteiger partial charge in [0, 0.05) is 0 Å². The number of rotatable bonds is 10. The summed E-state index contributed by atoms with van der Waals surface area (Å²) in [6.07, 6.45) is 15.1. The van der Waals surface area contributed by atoms with Gasteiger partial charge in [0.05, 0.1) is 0 Å². The van der Waals surface area contributed by atoms with Gasteiger partial charge in [0.1, 0.15) is 0 Å². The van der Waals surface area contributed by atoms with E-state index in [4.69, 9.17) is 17.0 Å². The molecule has 0 nitrogen and oxygen atoms in total. The van der Waals surface area contributed by atoms with Crippen molar-refractivity contribution in [3.05, 3.63) is 129 Å². The number of allylic oxidation sites excluding steroid dienone is 2. The van der Waals surface area contributed by atoms with E-state index in [0.29, 0.717) is 11.8 Å². The second-order valence-electron chi connectivity index (χ2n) is 18.1. The molecule has 0 spiro atoms. The zero-order valence-corrected chi connectivity index (χ0v) is 38.7. The molecular formula is C49H61Cl2SiZr. The van der Waals surface area contributed by atoms with Gasteiger partial charge in [-0.2, -0.15) is 0 Å². The van der Waals surface area contributed by atoms with Crippen LogP contribution in [0.15, 0.2) is 96.1 Å². The molecule has 3 aliphatic carbocycles. The Labute approximate surface area is 330 Å². The molecule has 3 unspecified atom stereocenters. The van der Waals surface area contributed by atoms with Crippen molar-refractivity contribution in [2.45, 2.75) is 125 Å². The quantitative estimate of drug-likeness (QED) is 0.140. The normalized spacial score (nSPS) is 20.4. The topological polar surface area (TPSA) is 0 Å². The first kappa shape index (κ1) is 39.3. The summed E-state index contributed by atoms with van der Waals surface area (Å²) in [5.74, 6) is -0.537. The summed E-state index contributed by atoms with van der Waals surface area (Å²) in [5, 5.41) is 0. The molecule has 0 bridgehead atoms. The van der Waals surface area contributed by atoms with Gasteiger partial charge in [0.15, 0.2) is 0 Å². The molecule has 53 heavy (non-hydrogen) atoms. The number of benzene rings is 4. The van der Waals surface area contributed by atoms with Crippen LogP contribution in [0.1, 0.15) is 139 Å². The third kappa shape index (κ3) is 6.94. The first-order valence-corrected chi connectivity index (χ1v) is 37.0. The SMILES string of the molecule is CCCC(C)C1=Cc2c(-c3ccc(C(C)(C)C)cc3)cccc2[CH]1[Zr]([Cl])([Cl])([CH]1C(CC)=Cc2c(-c3ccc(C4CCCCC4)cc3)cccc21)[SiH](C)C. The van der Waals surface area contributed by atoms with Crippen LogP contribution in [-0.2, 0) is 21.0 Å². The Morgan fingerprint density at radius 1 is 0.717 bits per heavy atom. The molecule has 0 N–H and O–H groups in total. The summed E-state index contributed by atoms with van der Waals surface area (Å²) in [4.78, 5) is 0. The van der Waals surface area contributed by atoms with E-state index in [1.54, 1.807) is 0 Å². The number of hydrogen-bond acceptors (Lipinski definition) is 0. The van der Waals surface area contributed by atoms with Crippen molar-refractivity contribution in [2.75, 3.05) is 0 Å². The molecule has 279 valence electrons. The molecule has 4 aromatic rings. The van der Waals surface area contributed by atoms with Crippen LogP contribution >= 0.6 is 17.0 Å². The van der Waals surface area contributed by atoms with E-state index in [0.717, 1.165) is 19.3 Å². The second-order valence-corrected chi connectivity index (χ2v) is 60.6. The van der Waals surface area contributed by atoms with Crippen LogP contribution in [0.25, 0.3) is 34.4 Å². The molecule has 7 rings (SSSR count). The van der Waals surface area contributed by atoms with Gasteiger partial charge in [0.2, 0.25) is 0 Å². The standard InChI is InChI=1S/C24H29.C23H25.C2H7Si.2ClH.Zr/c1-6-8-17(2)20-15-19-9-7-10-22(23(19)16-20)18-11-13-21(14-12-18)24(3,4)5;1-2-17-15-21-9-6-10-22(23(21)16-17)20-13-11-19(12-14-20)18-7-4-3-5-8-18;1-3-2;;;/h7,9-17H,6,8H2,1-5H3;6,9-16,18H,2-5,7-8H2,1H3;3H,1-2H3;2*1H;/q;;;;;+2/p-2. The van der Waals surface area contributed by atoms with Gasteiger partial charge in [-0.25, -0.2) is 0 Å². The van der Waals surface area contributed by atoms with Gasteiger partial charge in [-0.3, -0.25) is 0 Å². The van der Waals surface area contributed by atoms with Crippen molar-refractivity contribution < 1.29 is 15.6 Å². The predicted molar refractivity (Wildman–Crippen MR) is 235 cm³/mol. The van der Waals surface area contributed by atoms with Crippen molar-refractivity contribution in [1.29, 1.82) is 0 Å². The summed E-state index contributed by atoms with van der Waals surface area (Å²) in [5.41, 5.74) is 16.6. The van der Waals surface area contributed by atoms with E-state index in [2.05, 4.69) is 152 Å². The maximum absolute atomic E-state index is 8.84. The zero-order chi connectivity index (χ0) is 37.7. The third-order valence-corrected chi connectivity index (χ3v) is 65.3. The summed E-state index contributed by atoms with van der Waals surface area (Å²) in [6.45, 7) is 18.9. The van der Waals surface area contributed by atoms with Crippen LogP contribution in [0.4, 0.5) is 0 Å². The minimum absolute atomic E-state index is 0.0983. The van der Waals surface area contributed by atoms with Gasteiger partial charge < -0.3 is 0 Å². The Kier molecular flexibility index (Phi) is 11.3. The predicted octanol–water partition coefficient (Wildman–Crippen LogP) is 15.8. The fourth-order valence-electron chi connectivity index (χ4n) is 10.3. The molecule has 3 atom stereocenters. The Balaban J connectivity index is 1.37. The third-order valence-electron chi connectivity index (χ3n) is 13.5. The van der Waals surface area contributed by atoms with E-state index in [1.165, 1.54) is 98.9 Å². The van der Waals surface area contributed by atoms with Gasteiger partial charge in [0.25, 0.3) is 0 Å². The van der Waals surface area contributed by atoms with Crippen molar-refractivity contribution >= 4 is 35.1 Å². The molecule has 3 aliphatic rings. The molecule has 1 fully saturated rings. The number of hydrogen-bond donors (Lipinski definition) is 0. The van der Waals surface area contributed by atoms with E-state index in [9.17, 15) is 0 Å². The Morgan fingerprint density at radius 3 is 1.79 bits per heavy atom. The van der Waals surface area contributed by atoms with Crippen molar-refractivity contribution in [3.8, 4) is 22.3 Å². The molecule has 4 aromatic carbocycles. The summed E-state index contributed by atoms with van der Waals surface area (Å²) in [6, 6.07) is 32.8. The molecule has 0 saturated heterocycles. The van der Waals surface area contributed by atoms with Crippen LogP contribution in [0, 0.1) is 5.92 Å². The first-order valence-electron chi connectivity index (χ1n) is 20.7. The molecular weight excluding hydrogens is 779 g/mol. The van der Waals surface area contributed by atoms with Crippen molar-refractivity contribution in [3.63, 3.8) is 0 Å².